The van der Waals surface area contributed by atoms with Crippen LogP contribution < -0.4 is 5.32 Å². The van der Waals surface area contributed by atoms with Crippen LogP contribution in [0.15, 0.2) is 41.6 Å². The first-order valence-corrected chi connectivity index (χ1v) is 9.00. The molecule has 1 aromatic rings. The van der Waals surface area contributed by atoms with Crippen LogP contribution in [0.4, 0.5) is 14.5 Å². The van der Waals surface area contributed by atoms with Gasteiger partial charge in [0, 0.05) is 30.5 Å². The number of halogens is 2. The van der Waals surface area contributed by atoms with Crippen LogP contribution in [0.1, 0.15) is 51.2 Å². The minimum atomic E-state index is -2.68. The van der Waals surface area contributed by atoms with Crippen molar-refractivity contribution in [1.29, 1.82) is 0 Å². The molecule has 1 amide bonds. The Morgan fingerprint density at radius 2 is 2.00 bits per heavy atom. The molecule has 1 aliphatic carbocycles. The summed E-state index contributed by atoms with van der Waals surface area (Å²) in [5.41, 5.74) is 2.93. The number of benzene rings is 1. The molecule has 3 nitrogen and oxygen atoms in total. The van der Waals surface area contributed by atoms with E-state index in [2.05, 4.69) is 32.2 Å². The summed E-state index contributed by atoms with van der Waals surface area (Å²) in [5, 5.41) is 2.89. The highest BCUT2D eigenvalue weighted by Gasteiger charge is 2.36. The number of fused-ring (bicyclic) bond motifs is 1. The zero-order valence-corrected chi connectivity index (χ0v) is 15.9. The maximum atomic E-state index is 13.4. The summed E-state index contributed by atoms with van der Waals surface area (Å²) in [6, 6.07) is 5.70. The molecule has 2 aliphatic rings. The van der Waals surface area contributed by atoms with Crippen molar-refractivity contribution in [3.63, 3.8) is 0 Å². The van der Waals surface area contributed by atoms with E-state index in [4.69, 9.17) is 0 Å². The van der Waals surface area contributed by atoms with Gasteiger partial charge in [-0.1, -0.05) is 39.0 Å². The molecule has 3 rings (SSSR count). The first-order chi connectivity index (χ1) is 12.1. The summed E-state index contributed by atoms with van der Waals surface area (Å²) in [6.45, 7) is 8.35. The maximum Gasteiger partial charge on any atom is 0.264 e. The number of nitrogens with zero attached hydrogens (tertiary/aromatic N) is 1. The quantitative estimate of drug-likeness (QED) is 0.838. The van der Waals surface area contributed by atoms with Crippen molar-refractivity contribution in [2.24, 2.45) is 0 Å². The molecular weight excluding hydrogens is 334 g/mol. The third-order valence-electron chi connectivity index (χ3n) is 5.58. The predicted molar refractivity (Wildman–Crippen MR) is 101 cm³/mol. The van der Waals surface area contributed by atoms with Gasteiger partial charge in [0.05, 0.1) is 5.57 Å². The number of alkyl halides is 2. The summed E-state index contributed by atoms with van der Waals surface area (Å²) in [5.74, 6) is -0.176. The van der Waals surface area contributed by atoms with Gasteiger partial charge < -0.3 is 10.2 Å². The summed E-state index contributed by atoms with van der Waals surface area (Å²) in [7, 11) is 1.78. The summed E-state index contributed by atoms with van der Waals surface area (Å²) in [4.78, 5) is 14.6. The number of hydrogen-bond donors (Lipinski definition) is 1. The third kappa shape index (κ3) is 3.15. The molecule has 0 fully saturated rings. The van der Waals surface area contributed by atoms with E-state index >= 15 is 0 Å². The fourth-order valence-corrected chi connectivity index (χ4v) is 4.21. The zero-order chi connectivity index (χ0) is 19.2. The Morgan fingerprint density at radius 1 is 1.31 bits per heavy atom. The number of carbonyl (C=O) groups excluding carboxylic acids is 1. The largest absolute Gasteiger partial charge is 0.374 e. The summed E-state index contributed by atoms with van der Waals surface area (Å²) >= 11 is 0. The number of nitrogens with one attached hydrogen (secondary N) is 1. The van der Waals surface area contributed by atoms with Crippen LogP contribution in [0.25, 0.3) is 0 Å². The molecule has 1 aromatic carbocycles. The molecule has 1 aliphatic heterocycles. The Hall–Kier alpha value is -2.17. The molecule has 0 bridgehead atoms. The van der Waals surface area contributed by atoms with Crippen LogP contribution >= 0.6 is 0 Å². The molecule has 1 heterocycles. The Bertz CT molecular complexity index is 795. The van der Waals surface area contributed by atoms with Gasteiger partial charge >= 0.3 is 0 Å². The number of anilines is 1. The highest BCUT2D eigenvalue weighted by molar-refractivity contribution is 6.07. The molecular formula is C21H26F2N2O. The second kappa shape index (κ2) is 6.53. The number of amides is 1. The molecule has 2 atom stereocenters. The van der Waals surface area contributed by atoms with E-state index in [-0.39, 0.29) is 22.6 Å². The van der Waals surface area contributed by atoms with E-state index in [1.807, 2.05) is 19.1 Å². The molecule has 0 spiro atoms. The first kappa shape index (κ1) is 18.6. The molecule has 0 radical (unpaired) electrons. The normalized spacial score (nSPS) is 24.2. The molecule has 26 heavy (non-hydrogen) atoms. The van der Waals surface area contributed by atoms with Crippen LogP contribution in [0, 0.1) is 0 Å². The maximum absolute atomic E-state index is 13.4. The van der Waals surface area contributed by atoms with Gasteiger partial charge in [0.2, 0.25) is 0 Å². The van der Waals surface area contributed by atoms with E-state index < -0.39 is 12.3 Å². The number of carbonyl (C=O) groups is 1. The second-order valence-electron chi connectivity index (χ2n) is 8.08. The van der Waals surface area contributed by atoms with E-state index in [0.717, 1.165) is 17.7 Å². The van der Waals surface area contributed by atoms with E-state index in [0.29, 0.717) is 5.92 Å². The van der Waals surface area contributed by atoms with Crippen LogP contribution in [0.3, 0.4) is 0 Å². The lowest BCUT2D eigenvalue weighted by molar-refractivity contribution is -0.112. The van der Waals surface area contributed by atoms with Crippen LogP contribution in [0.2, 0.25) is 0 Å². The van der Waals surface area contributed by atoms with Gasteiger partial charge in [-0.15, -0.1) is 0 Å². The van der Waals surface area contributed by atoms with Gasteiger partial charge in [-0.05, 0) is 41.9 Å². The molecule has 1 N–H and O–H groups in total. The molecule has 0 aromatic heterocycles. The van der Waals surface area contributed by atoms with Crippen LogP contribution in [-0.2, 0) is 10.2 Å². The van der Waals surface area contributed by atoms with Gasteiger partial charge in [0.25, 0.3) is 12.3 Å². The predicted octanol–water partition coefficient (Wildman–Crippen LogP) is 4.82. The Labute approximate surface area is 153 Å². The molecule has 5 heteroatoms. The lowest BCUT2D eigenvalue weighted by atomic mass is 9.86. The van der Waals surface area contributed by atoms with Crippen molar-refractivity contribution in [3.8, 4) is 0 Å². The van der Waals surface area contributed by atoms with Crippen molar-refractivity contribution < 1.29 is 13.6 Å². The van der Waals surface area contributed by atoms with Gasteiger partial charge in [0.15, 0.2) is 0 Å². The Morgan fingerprint density at radius 3 is 2.65 bits per heavy atom. The van der Waals surface area contributed by atoms with Crippen molar-refractivity contribution >= 4 is 11.6 Å². The molecule has 1 unspecified atom stereocenters. The summed E-state index contributed by atoms with van der Waals surface area (Å²) in [6.07, 6.45) is 1.29. The average molecular weight is 360 g/mol. The monoisotopic (exact) mass is 360 g/mol. The van der Waals surface area contributed by atoms with E-state index in [1.165, 1.54) is 17.8 Å². The Kier molecular flexibility index (Phi) is 4.67. The molecule has 0 saturated heterocycles. The van der Waals surface area contributed by atoms with Crippen LogP contribution in [0.5, 0.6) is 0 Å². The van der Waals surface area contributed by atoms with E-state index in [9.17, 15) is 13.6 Å². The lowest BCUT2D eigenvalue weighted by Gasteiger charge is -2.28. The first-order valence-electron chi connectivity index (χ1n) is 9.00. The number of rotatable bonds is 3. The highest BCUT2D eigenvalue weighted by atomic mass is 19.3. The van der Waals surface area contributed by atoms with Crippen molar-refractivity contribution in [2.75, 3.05) is 12.4 Å². The Balaban J connectivity index is 1.94. The topological polar surface area (TPSA) is 32.3 Å². The van der Waals surface area contributed by atoms with Crippen LogP contribution in [-0.4, -0.2) is 30.3 Å². The fraction of sp³-hybridized carbons (Fsp3) is 0.476. The SMILES string of the molecule is CC1C=C(C(F)F)C(C(=O)Nc2cccc3c2[C@H](C)CC3(C)C)=CN1C. The second-order valence-corrected chi connectivity index (χ2v) is 8.08. The number of likely N-dealkylation sites (N-methyl/N-ethyl adjacent to an activating group) is 1. The highest BCUT2D eigenvalue weighted by Crippen LogP contribution is 2.48. The van der Waals surface area contributed by atoms with Gasteiger partial charge in [-0.3, -0.25) is 4.79 Å². The standard InChI is InChI=1S/C21H26F2N2O/c1-12-10-21(3,4)16-7-6-8-17(18(12)16)24-20(26)15-11-25(5)13(2)9-14(15)19(22)23/h6-9,11-13,19H,10H2,1-5H3,(H,24,26)/t12-,13?/m1/s1. The average Bonchev–Trinajstić information content (AvgIpc) is 2.79. The van der Waals surface area contributed by atoms with E-state index in [1.54, 1.807) is 11.9 Å². The van der Waals surface area contributed by atoms with Crippen molar-refractivity contribution in [1.82, 2.24) is 4.90 Å². The molecule has 140 valence electrons. The smallest absolute Gasteiger partial charge is 0.264 e. The lowest BCUT2D eigenvalue weighted by Crippen LogP contribution is -2.31. The zero-order valence-electron chi connectivity index (χ0n) is 15.9. The molecule has 0 saturated carbocycles. The third-order valence-corrected chi connectivity index (χ3v) is 5.58. The van der Waals surface area contributed by atoms with Gasteiger partial charge in [-0.2, -0.15) is 0 Å². The fourth-order valence-electron chi connectivity index (χ4n) is 4.21. The minimum Gasteiger partial charge on any atom is -0.374 e. The minimum absolute atomic E-state index is 0.0307. The van der Waals surface area contributed by atoms with Gasteiger partial charge in [0.1, 0.15) is 0 Å². The summed E-state index contributed by atoms with van der Waals surface area (Å²) < 4.78 is 26.9. The van der Waals surface area contributed by atoms with Crippen molar-refractivity contribution in [3.05, 3.63) is 52.7 Å². The van der Waals surface area contributed by atoms with Gasteiger partial charge in [-0.25, -0.2) is 8.78 Å². The van der Waals surface area contributed by atoms with Crippen molar-refractivity contribution in [2.45, 2.75) is 57.9 Å². The number of hydrogen-bond acceptors (Lipinski definition) is 2.